The summed E-state index contributed by atoms with van der Waals surface area (Å²) in [5, 5.41) is 6.35. The molecule has 4 nitrogen and oxygen atoms in total. The fourth-order valence-corrected chi connectivity index (χ4v) is 3.62. The van der Waals surface area contributed by atoms with Crippen molar-refractivity contribution in [1.29, 1.82) is 0 Å². The number of hydrogen-bond acceptors (Lipinski definition) is 3. The lowest BCUT2D eigenvalue weighted by molar-refractivity contribution is 0.913. The van der Waals surface area contributed by atoms with Crippen molar-refractivity contribution in [3.8, 4) is 0 Å². The van der Waals surface area contributed by atoms with Gasteiger partial charge in [0.15, 0.2) is 5.96 Å². The summed E-state index contributed by atoms with van der Waals surface area (Å²) in [5.41, 5.74) is 11.7. The molecule has 0 atom stereocenters. The Bertz CT molecular complexity index is 870. The smallest absolute Gasteiger partial charge is 0.193 e. The second-order valence-corrected chi connectivity index (χ2v) is 7.36. The summed E-state index contributed by atoms with van der Waals surface area (Å²) in [6, 6.07) is 16.7. The zero-order chi connectivity index (χ0) is 18.4. The highest BCUT2D eigenvalue weighted by atomic mass is 127. The number of aliphatic imine (C=N–C) groups is 1. The fourth-order valence-electron chi connectivity index (χ4n) is 2.83. The SMILES string of the molecule is Cc1cc(C)cc(NC(N)=NCc2csc(CCc3ccccc3)n2)c1.I. The molecule has 0 bridgehead atoms. The number of hydrogen-bond donors (Lipinski definition) is 2. The van der Waals surface area contributed by atoms with Gasteiger partial charge in [-0.2, -0.15) is 0 Å². The zero-order valence-corrected chi connectivity index (χ0v) is 18.8. The van der Waals surface area contributed by atoms with Crippen LogP contribution in [0.2, 0.25) is 0 Å². The van der Waals surface area contributed by atoms with Crippen molar-refractivity contribution in [3.63, 3.8) is 0 Å². The molecule has 27 heavy (non-hydrogen) atoms. The van der Waals surface area contributed by atoms with E-state index >= 15 is 0 Å². The minimum absolute atomic E-state index is 0. The Kier molecular flexibility index (Phi) is 8.24. The van der Waals surface area contributed by atoms with E-state index in [1.807, 2.05) is 6.07 Å². The number of rotatable bonds is 6. The van der Waals surface area contributed by atoms with Gasteiger partial charge in [0, 0.05) is 17.5 Å². The molecule has 2 aromatic carbocycles. The van der Waals surface area contributed by atoms with Crippen molar-refractivity contribution in [1.82, 2.24) is 4.98 Å². The molecule has 0 saturated carbocycles. The van der Waals surface area contributed by atoms with E-state index in [0.717, 1.165) is 29.2 Å². The van der Waals surface area contributed by atoms with E-state index in [-0.39, 0.29) is 24.0 Å². The van der Waals surface area contributed by atoms with Crippen molar-refractivity contribution in [2.75, 3.05) is 5.32 Å². The normalized spacial score (nSPS) is 11.1. The quantitative estimate of drug-likeness (QED) is 0.286. The molecule has 0 radical (unpaired) electrons. The monoisotopic (exact) mass is 492 g/mol. The van der Waals surface area contributed by atoms with Crippen LogP contribution in [0.3, 0.4) is 0 Å². The van der Waals surface area contributed by atoms with Crippen molar-refractivity contribution in [3.05, 3.63) is 81.3 Å². The highest BCUT2D eigenvalue weighted by Crippen LogP contribution is 2.15. The highest BCUT2D eigenvalue weighted by Gasteiger charge is 2.03. The van der Waals surface area contributed by atoms with Gasteiger partial charge in [-0.15, -0.1) is 35.3 Å². The largest absolute Gasteiger partial charge is 0.370 e. The van der Waals surface area contributed by atoms with Gasteiger partial charge >= 0.3 is 0 Å². The predicted octanol–water partition coefficient (Wildman–Crippen LogP) is 5.09. The van der Waals surface area contributed by atoms with E-state index in [4.69, 9.17) is 5.73 Å². The molecule has 0 amide bonds. The summed E-state index contributed by atoms with van der Waals surface area (Å²) in [6.45, 7) is 4.63. The number of guanidine groups is 1. The summed E-state index contributed by atoms with van der Waals surface area (Å²) in [4.78, 5) is 9.07. The molecule has 0 spiro atoms. The molecule has 1 heterocycles. The molecule has 0 fully saturated rings. The first-order valence-electron chi connectivity index (χ1n) is 8.71. The minimum Gasteiger partial charge on any atom is -0.370 e. The molecule has 0 saturated heterocycles. The average molecular weight is 492 g/mol. The summed E-state index contributed by atoms with van der Waals surface area (Å²) >= 11 is 1.69. The standard InChI is InChI=1S/C21H24N4S.HI/c1-15-10-16(2)12-18(11-15)25-21(22)23-13-19-14-26-20(24-19)9-8-17-6-4-3-5-7-17;/h3-7,10-12,14H,8-9,13H2,1-2H3,(H3,22,23,25);1H. The first-order chi connectivity index (χ1) is 12.6. The van der Waals surface area contributed by atoms with Gasteiger partial charge in [0.2, 0.25) is 0 Å². The third-order valence-corrected chi connectivity index (χ3v) is 4.93. The lowest BCUT2D eigenvalue weighted by Crippen LogP contribution is -2.22. The van der Waals surface area contributed by atoms with Crippen LogP contribution in [0.4, 0.5) is 5.69 Å². The lowest BCUT2D eigenvalue weighted by atomic mass is 10.1. The molecule has 0 aliphatic rings. The van der Waals surface area contributed by atoms with Crippen LogP contribution in [-0.2, 0) is 19.4 Å². The van der Waals surface area contributed by atoms with Gasteiger partial charge in [-0.05, 0) is 49.1 Å². The molecule has 3 N–H and O–H groups in total. The molecule has 6 heteroatoms. The van der Waals surface area contributed by atoms with Gasteiger partial charge in [0.25, 0.3) is 0 Å². The van der Waals surface area contributed by atoms with E-state index in [9.17, 15) is 0 Å². The summed E-state index contributed by atoms with van der Waals surface area (Å²) in [5.74, 6) is 0.411. The average Bonchev–Trinajstić information content (AvgIpc) is 3.06. The van der Waals surface area contributed by atoms with Gasteiger partial charge in [0.1, 0.15) is 0 Å². The molecular formula is C21H25IN4S. The molecule has 3 rings (SSSR count). The van der Waals surface area contributed by atoms with Crippen LogP contribution in [0.5, 0.6) is 0 Å². The molecule has 0 aliphatic heterocycles. The van der Waals surface area contributed by atoms with Crippen LogP contribution in [0, 0.1) is 13.8 Å². The Morgan fingerprint density at radius 3 is 2.48 bits per heavy atom. The van der Waals surface area contributed by atoms with Crippen LogP contribution in [0.25, 0.3) is 0 Å². The number of benzene rings is 2. The Morgan fingerprint density at radius 2 is 1.78 bits per heavy atom. The summed E-state index contributed by atoms with van der Waals surface area (Å²) in [7, 11) is 0. The van der Waals surface area contributed by atoms with Gasteiger partial charge in [-0.1, -0.05) is 36.4 Å². The van der Waals surface area contributed by atoms with Crippen LogP contribution in [0.15, 0.2) is 58.9 Å². The molecule has 0 aliphatic carbocycles. The Morgan fingerprint density at radius 1 is 1.07 bits per heavy atom. The molecule has 1 aromatic heterocycles. The lowest BCUT2D eigenvalue weighted by Gasteiger charge is -2.07. The van der Waals surface area contributed by atoms with Crippen LogP contribution >= 0.6 is 35.3 Å². The van der Waals surface area contributed by atoms with Gasteiger partial charge in [-0.3, -0.25) is 0 Å². The minimum atomic E-state index is 0. The highest BCUT2D eigenvalue weighted by molar-refractivity contribution is 14.0. The number of nitrogens with zero attached hydrogens (tertiary/aromatic N) is 2. The maximum absolute atomic E-state index is 6.01. The van der Waals surface area contributed by atoms with Crippen LogP contribution in [-0.4, -0.2) is 10.9 Å². The summed E-state index contributed by atoms with van der Waals surface area (Å²) < 4.78 is 0. The van der Waals surface area contributed by atoms with Gasteiger partial charge in [-0.25, -0.2) is 9.98 Å². The van der Waals surface area contributed by atoms with Crippen molar-refractivity contribution in [2.45, 2.75) is 33.2 Å². The van der Waals surface area contributed by atoms with Crippen LogP contribution < -0.4 is 11.1 Å². The number of aromatic nitrogens is 1. The number of nitrogens with two attached hydrogens (primary N) is 1. The number of halogens is 1. The number of aryl methyl sites for hydroxylation is 4. The number of anilines is 1. The molecule has 3 aromatic rings. The first-order valence-corrected chi connectivity index (χ1v) is 9.59. The predicted molar refractivity (Wildman–Crippen MR) is 126 cm³/mol. The van der Waals surface area contributed by atoms with Crippen molar-refractivity contribution >= 4 is 47.0 Å². The van der Waals surface area contributed by atoms with E-state index in [1.165, 1.54) is 16.7 Å². The number of nitrogens with one attached hydrogen (secondary N) is 1. The molecule has 142 valence electrons. The number of thiazole rings is 1. The second-order valence-electron chi connectivity index (χ2n) is 6.42. The van der Waals surface area contributed by atoms with Crippen molar-refractivity contribution in [2.24, 2.45) is 10.7 Å². The molecular weight excluding hydrogens is 467 g/mol. The third-order valence-electron chi connectivity index (χ3n) is 3.98. The first kappa shape index (κ1) is 21.4. The Labute approximate surface area is 182 Å². The maximum atomic E-state index is 6.01. The molecule has 0 unspecified atom stereocenters. The fraction of sp³-hybridized carbons (Fsp3) is 0.238. The Hall–Kier alpha value is -1.93. The van der Waals surface area contributed by atoms with E-state index in [0.29, 0.717) is 12.5 Å². The van der Waals surface area contributed by atoms with E-state index in [1.54, 1.807) is 11.3 Å². The second kappa shape index (κ2) is 10.4. The van der Waals surface area contributed by atoms with E-state index in [2.05, 4.69) is 77.0 Å². The Balaban J connectivity index is 0.00000261. The van der Waals surface area contributed by atoms with E-state index < -0.39 is 0 Å². The topological polar surface area (TPSA) is 63.3 Å². The van der Waals surface area contributed by atoms with Crippen molar-refractivity contribution < 1.29 is 0 Å². The third kappa shape index (κ3) is 6.95. The summed E-state index contributed by atoms with van der Waals surface area (Å²) in [6.07, 6.45) is 1.96. The zero-order valence-electron chi connectivity index (χ0n) is 15.6. The maximum Gasteiger partial charge on any atom is 0.193 e. The van der Waals surface area contributed by atoms with Gasteiger partial charge in [0.05, 0.1) is 17.2 Å². The van der Waals surface area contributed by atoms with Gasteiger partial charge < -0.3 is 11.1 Å². The van der Waals surface area contributed by atoms with Crippen LogP contribution in [0.1, 0.15) is 27.4 Å².